The molecule has 10 nitrogen and oxygen atoms in total. The highest BCUT2D eigenvalue weighted by Crippen LogP contribution is 2.30. The van der Waals surface area contributed by atoms with Crippen molar-refractivity contribution >= 4 is 39.0 Å². The number of ether oxygens (including phenoxy) is 1. The van der Waals surface area contributed by atoms with Gasteiger partial charge in [0.1, 0.15) is 34.9 Å². The number of aliphatic hydroxyl groups is 4. The van der Waals surface area contributed by atoms with Gasteiger partial charge in [0.05, 0.1) is 6.61 Å². The van der Waals surface area contributed by atoms with E-state index >= 15 is 0 Å². The van der Waals surface area contributed by atoms with Gasteiger partial charge in [0.2, 0.25) is 0 Å². The first-order valence-electron chi connectivity index (χ1n) is 7.38. The van der Waals surface area contributed by atoms with Crippen molar-refractivity contribution in [2.75, 3.05) is 18.6 Å². The summed E-state index contributed by atoms with van der Waals surface area (Å²) in [6, 6.07) is 0. The average Bonchev–Trinajstić information content (AvgIpc) is 2.55. The van der Waals surface area contributed by atoms with Crippen LogP contribution in [-0.2, 0) is 19.4 Å². The zero-order valence-corrected chi connectivity index (χ0v) is 15.9. The smallest absolute Gasteiger partial charge is 0.394 e. The molecule has 0 saturated carbocycles. The Labute approximate surface area is 154 Å². The summed E-state index contributed by atoms with van der Waals surface area (Å²) in [5.74, 6) is 0.886. The molecule has 5 atom stereocenters. The maximum Gasteiger partial charge on any atom is 0.466 e. The van der Waals surface area contributed by atoms with Crippen LogP contribution in [0.3, 0.4) is 0 Å². The van der Waals surface area contributed by atoms with E-state index in [-0.39, 0.29) is 11.5 Å². The Bertz CT molecular complexity index is 528. The Balaban J connectivity index is 2.80. The topological polar surface area (TPSA) is 166 Å². The summed E-state index contributed by atoms with van der Waals surface area (Å²) in [4.78, 5) is 0. The number of hydrogen-bond acceptors (Lipinski definition) is 11. The molecule has 1 heterocycles. The van der Waals surface area contributed by atoms with Gasteiger partial charge in [-0.2, -0.15) is 20.2 Å². The largest absolute Gasteiger partial charge is 0.466 e. The highest BCUT2D eigenvalue weighted by molar-refractivity contribution is 8.14. The van der Waals surface area contributed by atoms with Crippen LogP contribution in [0.4, 0.5) is 0 Å². The van der Waals surface area contributed by atoms with E-state index in [4.69, 9.17) is 9.29 Å². The minimum absolute atomic E-state index is 0.114. The summed E-state index contributed by atoms with van der Waals surface area (Å²) in [5, 5.41) is 42.2. The zero-order chi connectivity index (χ0) is 19.0. The van der Waals surface area contributed by atoms with E-state index in [1.54, 1.807) is 11.8 Å². The molecule has 1 saturated heterocycles. The molecule has 1 fully saturated rings. The number of hydrogen-bond donors (Lipinski definition) is 5. The average molecular weight is 422 g/mol. The first-order valence-corrected chi connectivity index (χ1v) is 11.0. The molecule has 0 amide bonds. The van der Waals surface area contributed by atoms with Crippen molar-refractivity contribution in [3.63, 3.8) is 0 Å². The van der Waals surface area contributed by atoms with E-state index < -0.39 is 46.9 Å². The first kappa shape index (κ1) is 22.9. The number of oxime groups is 1. The molecule has 13 heteroatoms. The van der Waals surface area contributed by atoms with E-state index in [0.29, 0.717) is 6.42 Å². The Hall–Kier alpha value is -0.120. The lowest BCUT2D eigenvalue weighted by atomic mass is 10.0. The third-order valence-electron chi connectivity index (χ3n) is 3.32. The number of unbranched alkanes of at least 4 members (excludes halogenated alkanes) is 1. The molecule has 1 aliphatic heterocycles. The predicted octanol–water partition coefficient (Wildman–Crippen LogP) is -0.814. The van der Waals surface area contributed by atoms with Crippen molar-refractivity contribution in [1.82, 2.24) is 0 Å². The molecular weight excluding hydrogens is 398 g/mol. The Kier molecular flexibility index (Phi) is 9.98. The van der Waals surface area contributed by atoms with Gasteiger partial charge >= 0.3 is 10.4 Å². The van der Waals surface area contributed by atoms with Gasteiger partial charge in [0.15, 0.2) is 0 Å². The van der Waals surface area contributed by atoms with Gasteiger partial charge in [-0.25, -0.2) is 4.28 Å². The fraction of sp³-hybridized carbons (Fsp3) is 0.917. The standard InChI is InChI=1S/C12H23NO9S3/c1-23-5-3-2-4-8(13-22-25(18,19)20)24-12-11(17)10(16)9(15)7(6-14)21-12/h7,9-12,14-17H,2-6H2,1H3,(H,18,19,20)/b13-8-/t7-,9-,10+,11-,12+/m0/s1. The van der Waals surface area contributed by atoms with E-state index in [2.05, 4.69) is 9.44 Å². The molecule has 0 aromatic heterocycles. The van der Waals surface area contributed by atoms with Crippen LogP contribution in [0.25, 0.3) is 0 Å². The Morgan fingerprint density at radius 3 is 2.44 bits per heavy atom. The van der Waals surface area contributed by atoms with Gasteiger partial charge in [-0.05, 0) is 31.3 Å². The minimum Gasteiger partial charge on any atom is -0.394 e. The fourth-order valence-electron chi connectivity index (χ4n) is 2.04. The monoisotopic (exact) mass is 421 g/mol. The minimum atomic E-state index is -4.78. The van der Waals surface area contributed by atoms with E-state index in [9.17, 15) is 28.8 Å². The van der Waals surface area contributed by atoms with Crippen LogP contribution in [-0.4, -0.2) is 86.9 Å². The van der Waals surface area contributed by atoms with Crippen LogP contribution < -0.4 is 0 Å². The second kappa shape index (κ2) is 10.9. The lowest BCUT2D eigenvalue weighted by molar-refractivity contribution is -0.205. The molecule has 0 aromatic carbocycles. The molecule has 5 N–H and O–H groups in total. The molecule has 1 aliphatic rings. The Morgan fingerprint density at radius 2 is 1.88 bits per heavy atom. The zero-order valence-electron chi connectivity index (χ0n) is 13.5. The van der Waals surface area contributed by atoms with Gasteiger partial charge in [-0.3, -0.25) is 4.55 Å². The summed E-state index contributed by atoms with van der Waals surface area (Å²) < 4.78 is 39.4. The normalized spacial score (nSPS) is 31.1. The molecule has 0 radical (unpaired) electrons. The van der Waals surface area contributed by atoms with Crippen LogP contribution in [0.1, 0.15) is 19.3 Å². The van der Waals surface area contributed by atoms with Crippen LogP contribution in [0.5, 0.6) is 0 Å². The highest BCUT2D eigenvalue weighted by atomic mass is 32.3. The third kappa shape index (κ3) is 7.97. The second-order valence-corrected chi connectivity index (χ2v) is 8.41. The summed E-state index contributed by atoms with van der Waals surface area (Å²) in [6.45, 7) is -0.580. The summed E-state index contributed by atoms with van der Waals surface area (Å²) in [5.41, 5.74) is -1.11. The molecule has 0 aromatic rings. The van der Waals surface area contributed by atoms with Gasteiger partial charge in [-0.15, -0.1) is 0 Å². The molecule has 0 aliphatic carbocycles. The number of nitrogens with zero attached hydrogens (tertiary/aromatic N) is 1. The number of thioether (sulfide) groups is 2. The lowest BCUT2D eigenvalue weighted by Crippen LogP contribution is -2.57. The van der Waals surface area contributed by atoms with Gasteiger partial charge < -0.3 is 25.2 Å². The maximum atomic E-state index is 10.7. The maximum absolute atomic E-state index is 10.7. The van der Waals surface area contributed by atoms with E-state index in [1.807, 2.05) is 6.26 Å². The predicted molar refractivity (Wildman–Crippen MR) is 93.7 cm³/mol. The van der Waals surface area contributed by atoms with Crippen molar-refractivity contribution in [2.45, 2.75) is 49.1 Å². The fourth-order valence-corrected chi connectivity index (χ4v) is 3.87. The first-order chi connectivity index (χ1) is 11.7. The lowest BCUT2D eigenvalue weighted by Gasteiger charge is -2.39. The Morgan fingerprint density at radius 1 is 1.20 bits per heavy atom. The van der Waals surface area contributed by atoms with Gasteiger partial charge in [0.25, 0.3) is 0 Å². The van der Waals surface area contributed by atoms with Gasteiger partial charge in [0, 0.05) is 0 Å². The van der Waals surface area contributed by atoms with Crippen LogP contribution in [0.15, 0.2) is 5.16 Å². The van der Waals surface area contributed by atoms with Crippen molar-refractivity contribution in [3.05, 3.63) is 0 Å². The van der Waals surface area contributed by atoms with Crippen LogP contribution in [0, 0.1) is 0 Å². The van der Waals surface area contributed by atoms with Crippen molar-refractivity contribution in [3.8, 4) is 0 Å². The molecule has 0 bridgehead atoms. The number of rotatable bonds is 9. The van der Waals surface area contributed by atoms with Crippen molar-refractivity contribution < 1.29 is 42.4 Å². The molecule has 148 valence electrons. The third-order valence-corrected chi connectivity index (χ3v) is 5.46. The van der Waals surface area contributed by atoms with Gasteiger partial charge in [-0.1, -0.05) is 16.9 Å². The molecule has 0 unspecified atom stereocenters. The van der Waals surface area contributed by atoms with Crippen molar-refractivity contribution in [2.24, 2.45) is 5.16 Å². The van der Waals surface area contributed by atoms with Crippen LogP contribution in [0.2, 0.25) is 0 Å². The number of aliphatic hydroxyl groups excluding tert-OH is 4. The summed E-state index contributed by atoms with van der Waals surface area (Å²) in [7, 11) is -4.78. The summed E-state index contributed by atoms with van der Waals surface area (Å²) in [6.07, 6.45) is -1.94. The van der Waals surface area contributed by atoms with E-state index in [0.717, 1.165) is 23.9 Å². The second-order valence-electron chi connectivity index (χ2n) is 5.25. The van der Waals surface area contributed by atoms with E-state index in [1.165, 1.54) is 0 Å². The molecule has 0 spiro atoms. The molecular formula is C12H23NO9S3. The van der Waals surface area contributed by atoms with Crippen LogP contribution >= 0.6 is 23.5 Å². The summed E-state index contributed by atoms with van der Waals surface area (Å²) >= 11 is 2.43. The molecule has 1 rings (SSSR count). The highest BCUT2D eigenvalue weighted by Gasteiger charge is 2.44. The quantitative estimate of drug-likeness (QED) is 0.104. The molecule has 25 heavy (non-hydrogen) atoms. The SMILES string of the molecule is CSCCCC/C(=N/OS(=O)(=O)O)S[C@H]1O[C@@H](CO)[C@H](O)[C@@H](O)[C@@H]1O. The van der Waals surface area contributed by atoms with Crippen molar-refractivity contribution in [1.29, 1.82) is 0 Å².